The third-order valence-corrected chi connectivity index (χ3v) is 5.07. The minimum absolute atomic E-state index is 0.721. The van der Waals surface area contributed by atoms with Gasteiger partial charge < -0.3 is 0 Å². The predicted octanol–water partition coefficient (Wildman–Crippen LogP) is 5.51. The van der Waals surface area contributed by atoms with Crippen LogP contribution in [0.5, 0.6) is 0 Å². The summed E-state index contributed by atoms with van der Waals surface area (Å²) in [6.45, 7) is 2.09. The van der Waals surface area contributed by atoms with Gasteiger partial charge in [-0.25, -0.2) is 0 Å². The third-order valence-electron chi connectivity index (χ3n) is 3.12. The van der Waals surface area contributed by atoms with Crippen molar-refractivity contribution in [3.8, 4) is 16.5 Å². The van der Waals surface area contributed by atoms with Crippen LogP contribution in [-0.2, 0) is 0 Å². The minimum atomic E-state index is 0.721. The maximum Gasteiger partial charge on any atom is 0.0998 e. The van der Waals surface area contributed by atoms with Crippen molar-refractivity contribution in [3.05, 3.63) is 57.4 Å². The molecule has 0 radical (unpaired) electrons. The summed E-state index contributed by atoms with van der Waals surface area (Å²) in [6, 6.07) is 16.4. The van der Waals surface area contributed by atoms with Gasteiger partial charge in [0.25, 0.3) is 0 Å². The molecule has 0 aliphatic rings. The quantitative estimate of drug-likeness (QED) is 0.578. The summed E-state index contributed by atoms with van der Waals surface area (Å²) in [6.07, 6.45) is 0. The molecule has 0 aliphatic heterocycles. The van der Waals surface area contributed by atoms with E-state index in [0.717, 1.165) is 19.8 Å². The molecule has 0 amide bonds. The Morgan fingerprint density at radius 2 is 1.89 bits per heavy atom. The van der Waals surface area contributed by atoms with Gasteiger partial charge in [0.15, 0.2) is 0 Å². The maximum atomic E-state index is 9.25. The number of aryl methyl sites for hydroxylation is 1. The first kappa shape index (κ1) is 12.4. The summed E-state index contributed by atoms with van der Waals surface area (Å²) in [4.78, 5) is 1.15. The molecule has 0 saturated heterocycles. The first-order valence-electron chi connectivity index (χ1n) is 5.89. The Hall–Kier alpha value is -1.63. The fourth-order valence-corrected chi connectivity index (χ4v) is 4.04. The summed E-state index contributed by atoms with van der Waals surface area (Å²) in [5.74, 6) is 0. The Labute approximate surface area is 124 Å². The van der Waals surface area contributed by atoms with Gasteiger partial charge >= 0.3 is 0 Å². The number of hydrogen-bond acceptors (Lipinski definition) is 2. The normalized spacial score (nSPS) is 10.6. The van der Waals surface area contributed by atoms with E-state index in [1.807, 2.05) is 24.3 Å². The number of thiophene rings is 1. The standard InChI is InChI=1S/C16H10BrNS/c1-10-6-7-13-14(8-10)16(17)19-15(13)12-5-3-2-4-11(12)9-18/h2-8H,1H3. The van der Waals surface area contributed by atoms with Crippen LogP contribution >= 0.6 is 27.3 Å². The van der Waals surface area contributed by atoms with Crippen molar-refractivity contribution in [3.63, 3.8) is 0 Å². The van der Waals surface area contributed by atoms with Crippen molar-refractivity contribution in [1.29, 1.82) is 5.26 Å². The first-order valence-corrected chi connectivity index (χ1v) is 7.50. The van der Waals surface area contributed by atoms with E-state index in [-0.39, 0.29) is 0 Å². The van der Waals surface area contributed by atoms with Gasteiger partial charge in [-0.2, -0.15) is 5.26 Å². The van der Waals surface area contributed by atoms with Crippen LogP contribution in [0.15, 0.2) is 46.3 Å². The second-order valence-corrected chi connectivity index (χ2v) is 6.75. The smallest absolute Gasteiger partial charge is 0.0998 e. The molecule has 92 valence electrons. The molecule has 0 N–H and O–H groups in total. The predicted molar refractivity (Wildman–Crippen MR) is 84.4 cm³/mol. The van der Waals surface area contributed by atoms with Crippen LogP contribution in [0, 0.1) is 18.3 Å². The molecule has 19 heavy (non-hydrogen) atoms. The highest BCUT2D eigenvalue weighted by molar-refractivity contribution is 9.11. The van der Waals surface area contributed by atoms with Crippen molar-refractivity contribution in [2.45, 2.75) is 6.92 Å². The van der Waals surface area contributed by atoms with Crippen molar-refractivity contribution < 1.29 is 0 Å². The average molecular weight is 328 g/mol. The second kappa shape index (κ2) is 4.80. The largest absolute Gasteiger partial charge is 0.192 e. The summed E-state index contributed by atoms with van der Waals surface area (Å²) in [5, 5.41) is 11.7. The highest BCUT2D eigenvalue weighted by Crippen LogP contribution is 2.42. The highest BCUT2D eigenvalue weighted by Gasteiger charge is 2.13. The average Bonchev–Trinajstić information content (AvgIpc) is 2.75. The van der Waals surface area contributed by atoms with Gasteiger partial charge in [-0.1, -0.05) is 35.9 Å². The zero-order chi connectivity index (χ0) is 13.4. The van der Waals surface area contributed by atoms with Crippen LogP contribution in [0.2, 0.25) is 0 Å². The van der Waals surface area contributed by atoms with E-state index in [9.17, 15) is 5.26 Å². The lowest BCUT2D eigenvalue weighted by atomic mass is 10.0. The van der Waals surface area contributed by atoms with Gasteiger partial charge in [0.1, 0.15) is 0 Å². The first-order chi connectivity index (χ1) is 9.20. The molecule has 2 aromatic carbocycles. The molecule has 1 heterocycles. The van der Waals surface area contributed by atoms with Gasteiger partial charge in [-0.05, 0) is 35.0 Å². The van der Waals surface area contributed by atoms with Crippen LogP contribution in [0.25, 0.3) is 21.2 Å². The van der Waals surface area contributed by atoms with Gasteiger partial charge in [-0.3, -0.25) is 0 Å². The molecular weight excluding hydrogens is 318 g/mol. The molecule has 3 aromatic rings. The van der Waals surface area contributed by atoms with E-state index in [1.165, 1.54) is 16.3 Å². The van der Waals surface area contributed by atoms with E-state index in [2.05, 4.69) is 47.1 Å². The lowest BCUT2D eigenvalue weighted by molar-refractivity contribution is 1.49. The molecule has 1 aromatic heterocycles. The van der Waals surface area contributed by atoms with Gasteiger partial charge in [0.2, 0.25) is 0 Å². The molecule has 0 aliphatic carbocycles. The van der Waals surface area contributed by atoms with Crippen LogP contribution in [-0.4, -0.2) is 0 Å². The third kappa shape index (κ3) is 2.07. The van der Waals surface area contributed by atoms with Crippen LogP contribution < -0.4 is 0 Å². The lowest BCUT2D eigenvalue weighted by Crippen LogP contribution is -1.81. The lowest BCUT2D eigenvalue weighted by Gasteiger charge is -2.02. The molecule has 3 rings (SSSR count). The molecule has 3 heteroatoms. The van der Waals surface area contributed by atoms with Crippen LogP contribution in [0.4, 0.5) is 0 Å². The van der Waals surface area contributed by atoms with E-state index >= 15 is 0 Å². The fraction of sp³-hybridized carbons (Fsp3) is 0.0625. The summed E-state index contributed by atoms with van der Waals surface area (Å²) in [5.41, 5.74) is 2.97. The van der Waals surface area contributed by atoms with Gasteiger partial charge in [0.05, 0.1) is 15.4 Å². The molecule has 1 nitrogen and oxygen atoms in total. The monoisotopic (exact) mass is 327 g/mol. The van der Waals surface area contributed by atoms with Crippen LogP contribution in [0.3, 0.4) is 0 Å². The number of benzene rings is 2. The van der Waals surface area contributed by atoms with E-state index in [0.29, 0.717) is 0 Å². The zero-order valence-electron chi connectivity index (χ0n) is 10.3. The maximum absolute atomic E-state index is 9.25. The van der Waals surface area contributed by atoms with Crippen molar-refractivity contribution in [2.75, 3.05) is 0 Å². The Bertz CT molecular complexity index is 811. The van der Waals surface area contributed by atoms with Crippen molar-refractivity contribution in [2.24, 2.45) is 0 Å². The van der Waals surface area contributed by atoms with Crippen molar-refractivity contribution in [1.82, 2.24) is 0 Å². The zero-order valence-corrected chi connectivity index (χ0v) is 12.7. The Balaban J connectivity index is 2.35. The number of hydrogen-bond donors (Lipinski definition) is 0. The Kier molecular flexibility index (Phi) is 3.14. The van der Waals surface area contributed by atoms with E-state index in [1.54, 1.807) is 11.3 Å². The molecule has 0 atom stereocenters. The summed E-state index contributed by atoms with van der Waals surface area (Å²) in [7, 11) is 0. The minimum Gasteiger partial charge on any atom is -0.192 e. The Morgan fingerprint density at radius 1 is 1.11 bits per heavy atom. The number of nitrogens with zero attached hydrogens (tertiary/aromatic N) is 1. The molecule has 0 spiro atoms. The highest BCUT2D eigenvalue weighted by atomic mass is 79.9. The van der Waals surface area contributed by atoms with Gasteiger partial charge in [0, 0.05) is 21.2 Å². The molecule has 0 fully saturated rings. The molecular formula is C16H10BrNS. The number of fused-ring (bicyclic) bond motifs is 1. The number of nitriles is 1. The number of halogens is 1. The van der Waals surface area contributed by atoms with Crippen molar-refractivity contribution >= 4 is 38.0 Å². The van der Waals surface area contributed by atoms with E-state index < -0.39 is 0 Å². The second-order valence-electron chi connectivity index (χ2n) is 4.41. The SMILES string of the molecule is Cc1ccc2c(-c3ccccc3C#N)sc(Br)c2c1. The molecule has 0 saturated carbocycles. The fourth-order valence-electron chi connectivity index (χ4n) is 2.20. The molecule has 0 bridgehead atoms. The van der Waals surface area contributed by atoms with Gasteiger partial charge in [-0.15, -0.1) is 11.3 Å². The number of rotatable bonds is 1. The summed E-state index contributed by atoms with van der Waals surface area (Å²) >= 11 is 5.32. The van der Waals surface area contributed by atoms with E-state index in [4.69, 9.17) is 0 Å². The Morgan fingerprint density at radius 3 is 2.68 bits per heavy atom. The molecule has 0 unspecified atom stereocenters. The topological polar surface area (TPSA) is 23.8 Å². The van der Waals surface area contributed by atoms with Crippen LogP contribution in [0.1, 0.15) is 11.1 Å². The summed E-state index contributed by atoms with van der Waals surface area (Å²) < 4.78 is 1.12.